The van der Waals surface area contributed by atoms with Gasteiger partial charge in [-0.2, -0.15) is 0 Å². The zero-order valence-corrected chi connectivity index (χ0v) is 9.61. The zero-order valence-electron chi connectivity index (χ0n) is 9.61. The van der Waals surface area contributed by atoms with Gasteiger partial charge in [-0.05, 0) is 24.1 Å². The molecule has 0 saturated heterocycles. The van der Waals surface area contributed by atoms with E-state index in [-0.39, 0.29) is 0 Å². The summed E-state index contributed by atoms with van der Waals surface area (Å²) in [5, 5.41) is 3.53. The van der Waals surface area contributed by atoms with Crippen LogP contribution >= 0.6 is 0 Å². The number of rotatable bonds is 1. The van der Waals surface area contributed by atoms with E-state index in [0.29, 0.717) is 6.04 Å². The van der Waals surface area contributed by atoms with Crippen molar-refractivity contribution in [1.29, 1.82) is 0 Å². The van der Waals surface area contributed by atoms with Crippen molar-refractivity contribution in [3.63, 3.8) is 0 Å². The highest BCUT2D eigenvalue weighted by atomic mass is 14.9. The van der Waals surface area contributed by atoms with Gasteiger partial charge < -0.3 is 11.1 Å². The van der Waals surface area contributed by atoms with E-state index in [2.05, 4.69) is 42.6 Å². The Labute approximate surface area is 96.9 Å². The third-order valence-corrected chi connectivity index (χ3v) is 2.85. The number of nitrogens with two attached hydrogens (primary N) is 1. The molecule has 0 spiro atoms. The molecular weight excluding hydrogens is 196 g/mol. The molecule has 2 nitrogen and oxygen atoms in total. The molecule has 1 aliphatic heterocycles. The molecule has 2 rings (SSSR count). The van der Waals surface area contributed by atoms with Gasteiger partial charge in [0.15, 0.2) is 0 Å². The summed E-state index contributed by atoms with van der Waals surface area (Å²) in [6.45, 7) is 2.18. The van der Waals surface area contributed by atoms with Crippen LogP contribution in [0.2, 0.25) is 0 Å². The molecule has 1 heterocycles. The third kappa shape index (κ3) is 2.45. The van der Waals surface area contributed by atoms with Gasteiger partial charge in [-0.15, -0.1) is 0 Å². The lowest BCUT2D eigenvalue weighted by molar-refractivity contribution is 0.832. The first-order valence-corrected chi connectivity index (χ1v) is 5.77. The number of allylic oxidation sites excluding steroid dienone is 3. The molecule has 0 aromatic heterocycles. The number of fused-ring (bicyclic) bond motifs is 1. The summed E-state index contributed by atoms with van der Waals surface area (Å²) in [5.41, 5.74) is 9.32. The molecule has 1 aromatic carbocycles. The summed E-state index contributed by atoms with van der Waals surface area (Å²) >= 11 is 0. The van der Waals surface area contributed by atoms with E-state index in [9.17, 15) is 0 Å². The molecule has 1 aromatic rings. The van der Waals surface area contributed by atoms with Gasteiger partial charge in [-0.1, -0.05) is 37.3 Å². The Morgan fingerprint density at radius 2 is 2.19 bits per heavy atom. The van der Waals surface area contributed by atoms with Gasteiger partial charge >= 0.3 is 0 Å². The molecule has 1 unspecified atom stereocenters. The molecule has 1 atom stereocenters. The van der Waals surface area contributed by atoms with E-state index in [1.165, 1.54) is 11.3 Å². The van der Waals surface area contributed by atoms with Crippen molar-refractivity contribution in [3.05, 3.63) is 53.8 Å². The average molecular weight is 214 g/mol. The molecule has 2 heteroatoms. The van der Waals surface area contributed by atoms with E-state index in [1.807, 2.05) is 12.2 Å². The standard InChI is InChI=1S/C14H18N2/c1-2-13-8-5-7-12(15)10-11-6-3-4-9-14(11)16-13/h3-9,13,16H,2,10,15H2,1H3/b8-5-,12-7+. The van der Waals surface area contributed by atoms with E-state index in [0.717, 1.165) is 18.5 Å². The van der Waals surface area contributed by atoms with Crippen LogP contribution in [0.25, 0.3) is 0 Å². The molecular formula is C14H18N2. The Balaban J connectivity index is 2.37. The Hall–Kier alpha value is -1.70. The van der Waals surface area contributed by atoms with Gasteiger partial charge in [0.05, 0.1) is 0 Å². The quantitative estimate of drug-likeness (QED) is 0.754. The number of hydrogen-bond donors (Lipinski definition) is 2. The Morgan fingerprint density at radius 3 is 3.00 bits per heavy atom. The van der Waals surface area contributed by atoms with Crippen LogP contribution in [0, 0.1) is 0 Å². The summed E-state index contributed by atoms with van der Waals surface area (Å²) in [7, 11) is 0. The normalized spacial score (nSPS) is 25.1. The molecule has 16 heavy (non-hydrogen) atoms. The van der Waals surface area contributed by atoms with Crippen molar-refractivity contribution in [2.75, 3.05) is 5.32 Å². The van der Waals surface area contributed by atoms with Gasteiger partial charge in [-0.25, -0.2) is 0 Å². The summed E-state index contributed by atoms with van der Waals surface area (Å²) in [6.07, 6.45) is 8.08. The third-order valence-electron chi connectivity index (χ3n) is 2.85. The van der Waals surface area contributed by atoms with E-state index in [1.54, 1.807) is 0 Å². The summed E-state index contributed by atoms with van der Waals surface area (Å²) < 4.78 is 0. The highest BCUT2D eigenvalue weighted by Gasteiger charge is 2.08. The zero-order chi connectivity index (χ0) is 11.4. The van der Waals surface area contributed by atoms with Gasteiger partial charge in [0.1, 0.15) is 0 Å². The highest BCUT2D eigenvalue weighted by Crippen LogP contribution is 2.20. The lowest BCUT2D eigenvalue weighted by Crippen LogP contribution is -2.16. The fourth-order valence-electron chi connectivity index (χ4n) is 1.89. The fourth-order valence-corrected chi connectivity index (χ4v) is 1.89. The van der Waals surface area contributed by atoms with Crippen molar-refractivity contribution < 1.29 is 0 Å². The van der Waals surface area contributed by atoms with Crippen LogP contribution in [0.1, 0.15) is 18.9 Å². The number of hydrogen-bond acceptors (Lipinski definition) is 2. The second-order valence-electron chi connectivity index (χ2n) is 4.12. The smallest absolute Gasteiger partial charge is 0.0444 e. The lowest BCUT2D eigenvalue weighted by atomic mass is 10.1. The second kappa shape index (κ2) is 4.88. The SMILES string of the molecule is CCC1/C=C\C=C(\N)Cc2ccccc2N1. The predicted octanol–water partition coefficient (Wildman–Crippen LogP) is 2.83. The minimum Gasteiger partial charge on any atom is -0.402 e. The van der Waals surface area contributed by atoms with Crippen LogP contribution in [0.5, 0.6) is 0 Å². The monoisotopic (exact) mass is 214 g/mol. The molecule has 0 aliphatic carbocycles. The van der Waals surface area contributed by atoms with Crippen LogP contribution in [-0.4, -0.2) is 6.04 Å². The maximum Gasteiger partial charge on any atom is 0.0444 e. The van der Waals surface area contributed by atoms with E-state index in [4.69, 9.17) is 5.73 Å². The van der Waals surface area contributed by atoms with Crippen molar-refractivity contribution in [3.8, 4) is 0 Å². The molecule has 1 aliphatic rings. The van der Waals surface area contributed by atoms with Crippen LogP contribution < -0.4 is 11.1 Å². The minimum atomic E-state index is 0.378. The van der Waals surface area contributed by atoms with Crippen molar-refractivity contribution in [2.45, 2.75) is 25.8 Å². The second-order valence-corrected chi connectivity index (χ2v) is 4.12. The largest absolute Gasteiger partial charge is 0.402 e. The van der Waals surface area contributed by atoms with Crippen LogP contribution in [0.4, 0.5) is 5.69 Å². The van der Waals surface area contributed by atoms with Crippen LogP contribution in [0.15, 0.2) is 48.2 Å². The maximum atomic E-state index is 5.96. The topological polar surface area (TPSA) is 38.0 Å². The van der Waals surface area contributed by atoms with Crippen molar-refractivity contribution >= 4 is 5.69 Å². The Kier molecular flexibility index (Phi) is 3.30. The minimum absolute atomic E-state index is 0.378. The Morgan fingerprint density at radius 1 is 1.38 bits per heavy atom. The molecule has 0 fully saturated rings. The van der Waals surface area contributed by atoms with Gasteiger partial charge in [-0.3, -0.25) is 0 Å². The fraction of sp³-hybridized carbons (Fsp3) is 0.286. The highest BCUT2D eigenvalue weighted by molar-refractivity contribution is 5.54. The summed E-state index contributed by atoms with van der Waals surface area (Å²) in [4.78, 5) is 0. The first-order chi connectivity index (χ1) is 7.79. The predicted molar refractivity (Wildman–Crippen MR) is 69.3 cm³/mol. The van der Waals surface area contributed by atoms with E-state index >= 15 is 0 Å². The van der Waals surface area contributed by atoms with Gasteiger partial charge in [0, 0.05) is 23.8 Å². The molecule has 3 N–H and O–H groups in total. The summed E-state index contributed by atoms with van der Waals surface area (Å²) in [6, 6.07) is 8.73. The van der Waals surface area contributed by atoms with Gasteiger partial charge in [0.2, 0.25) is 0 Å². The number of para-hydroxylation sites is 1. The average Bonchev–Trinajstić information content (AvgIpc) is 2.36. The summed E-state index contributed by atoms with van der Waals surface area (Å²) in [5.74, 6) is 0. The Bertz CT molecular complexity index is 418. The van der Waals surface area contributed by atoms with Gasteiger partial charge in [0.25, 0.3) is 0 Å². The number of benzene rings is 1. The first-order valence-electron chi connectivity index (χ1n) is 5.77. The molecule has 0 saturated carbocycles. The number of nitrogens with one attached hydrogen (secondary N) is 1. The maximum absolute atomic E-state index is 5.96. The lowest BCUT2D eigenvalue weighted by Gasteiger charge is -2.16. The van der Waals surface area contributed by atoms with Crippen LogP contribution in [-0.2, 0) is 6.42 Å². The molecule has 84 valence electrons. The van der Waals surface area contributed by atoms with E-state index < -0.39 is 0 Å². The van der Waals surface area contributed by atoms with Crippen molar-refractivity contribution in [2.24, 2.45) is 5.73 Å². The first kappa shape index (κ1) is 10.8. The molecule has 0 bridgehead atoms. The van der Waals surface area contributed by atoms with Crippen LogP contribution in [0.3, 0.4) is 0 Å². The van der Waals surface area contributed by atoms with Crippen molar-refractivity contribution in [1.82, 2.24) is 0 Å². The molecule has 0 amide bonds. The number of anilines is 1. The molecule has 0 radical (unpaired) electrons.